The van der Waals surface area contributed by atoms with Gasteiger partial charge in [0, 0.05) is 17.7 Å². The molecule has 0 aliphatic rings. The first-order chi connectivity index (χ1) is 9.81. The zero-order valence-electron chi connectivity index (χ0n) is 11.3. The van der Waals surface area contributed by atoms with Crippen LogP contribution in [-0.4, -0.2) is 9.78 Å². The predicted octanol–water partition coefficient (Wildman–Crippen LogP) is 4.89. The molecular formula is C17H15ClN2. The van der Waals surface area contributed by atoms with Crippen molar-refractivity contribution in [3.63, 3.8) is 0 Å². The van der Waals surface area contributed by atoms with Crippen LogP contribution in [0.4, 0.5) is 0 Å². The molecule has 0 saturated heterocycles. The highest BCUT2D eigenvalue weighted by Crippen LogP contribution is 2.36. The summed E-state index contributed by atoms with van der Waals surface area (Å²) in [4.78, 5) is 0. The van der Waals surface area contributed by atoms with Crippen LogP contribution in [0.3, 0.4) is 0 Å². The van der Waals surface area contributed by atoms with Gasteiger partial charge in [-0.1, -0.05) is 72.3 Å². The lowest BCUT2D eigenvalue weighted by Crippen LogP contribution is -1.99. The topological polar surface area (TPSA) is 17.8 Å². The fourth-order valence-electron chi connectivity index (χ4n) is 2.32. The highest BCUT2D eigenvalue weighted by Gasteiger charge is 2.17. The number of halogens is 1. The number of aryl methyl sites for hydroxylation is 1. The van der Waals surface area contributed by atoms with Crippen molar-refractivity contribution in [3.8, 4) is 22.5 Å². The molecule has 2 aromatic carbocycles. The maximum atomic E-state index is 6.59. The van der Waals surface area contributed by atoms with Gasteiger partial charge >= 0.3 is 0 Å². The van der Waals surface area contributed by atoms with Gasteiger partial charge in [0.15, 0.2) is 0 Å². The average Bonchev–Trinajstić information content (AvgIpc) is 2.86. The second-order valence-corrected chi connectivity index (χ2v) is 4.94. The van der Waals surface area contributed by atoms with E-state index in [4.69, 9.17) is 11.6 Å². The molecule has 3 rings (SSSR count). The number of hydrogen-bond donors (Lipinski definition) is 0. The van der Waals surface area contributed by atoms with Crippen molar-refractivity contribution in [2.45, 2.75) is 13.5 Å². The summed E-state index contributed by atoms with van der Waals surface area (Å²) in [6.45, 7) is 2.86. The first-order valence-corrected chi connectivity index (χ1v) is 7.06. The number of rotatable bonds is 3. The summed E-state index contributed by atoms with van der Waals surface area (Å²) in [5.41, 5.74) is 3.96. The SMILES string of the molecule is CCn1nc(-c2ccccc2)c(Cl)c1-c1ccccc1. The van der Waals surface area contributed by atoms with E-state index >= 15 is 0 Å². The van der Waals surface area contributed by atoms with Crippen molar-refractivity contribution in [1.82, 2.24) is 9.78 Å². The van der Waals surface area contributed by atoms with Gasteiger partial charge in [-0.25, -0.2) is 0 Å². The Morgan fingerprint density at radius 2 is 1.45 bits per heavy atom. The van der Waals surface area contributed by atoms with Gasteiger partial charge in [-0.2, -0.15) is 5.10 Å². The molecule has 0 radical (unpaired) electrons. The third-order valence-corrected chi connectivity index (χ3v) is 3.65. The van der Waals surface area contributed by atoms with Crippen molar-refractivity contribution in [1.29, 1.82) is 0 Å². The van der Waals surface area contributed by atoms with E-state index in [1.54, 1.807) is 0 Å². The fraction of sp³-hybridized carbons (Fsp3) is 0.118. The van der Waals surface area contributed by atoms with Gasteiger partial charge in [0.2, 0.25) is 0 Å². The van der Waals surface area contributed by atoms with Crippen molar-refractivity contribution in [3.05, 3.63) is 65.7 Å². The Balaban J connectivity index is 2.19. The van der Waals surface area contributed by atoms with E-state index in [1.807, 2.05) is 53.2 Å². The van der Waals surface area contributed by atoms with Crippen LogP contribution in [0.15, 0.2) is 60.7 Å². The number of nitrogens with zero attached hydrogens (tertiary/aromatic N) is 2. The smallest absolute Gasteiger partial charge is 0.112 e. The van der Waals surface area contributed by atoms with Gasteiger partial charge in [0.1, 0.15) is 5.69 Å². The molecule has 0 spiro atoms. The monoisotopic (exact) mass is 282 g/mol. The lowest BCUT2D eigenvalue weighted by atomic mass is 10.1. The molecular weight excluding hydrogens is 268 g/mol. The molecule has 0 amide bonds. The Bertz CT molecular complexity index is 703. The minimum atomic E-state index is 0.712. The highest BCUT2D eigenvalue weighted by atomic mass is 35.5. The molecule has 0 bridgehead atoms. The van der Waals surface area contributed by atoms with Crippen molar-refractivity contribution >= 4 is 11.6 Å². The molecule has 1 aromatic heterocycles. The van der Waals surface area contributed by atoms with Gasteiger partial charge < -0.3 is 0 Å². The van der Waals surface area contributed by atoms with Crippen LogP contribution < -0.4 is 0 Å². The van der Waals surface area contributed by atoms with E-state index in [0.717, 1.165) is 29.1 Å². The Hall–Kier alpha value is -2.06. The van der Waals surface area contributed by atoms with Crippen molar-refractivity contribution in [2.24, 2.45) is 0 Å². The molecule has 0 atom stereocenters. The molecule has 0 aliphatic heterocycles. The molecule has 20 heavy (non-hydrogen) atoms. The predicted molar refractivity (Wildman–Crippen MR) is 83.8 cm³/mol. The van der Waals surface area contributed by atoms with Gasteiger partial charge in [0.05, 0.1) is 10.7 Å². The van der Waals surface area contributed by atoms with Crippen LogP contribution in [0.2, 0.25) is 5.02 Å². The number of aromatic nitrogens is 2. The summed E-state index contributed by atoms with van der Waals surface area (Å²) in [6.07, 6.45) is 0. The Kier molecular flexibility index (Phi) is 3.57. The minimum Gasteiger partial charge on any atom is -0.263 e. The molecule has 1 heterocycles. The summed E-state index contributed by atoms with van der Waals surface area (Å²) in [7, 11) is 0. The van der Waals surface area contributed by atoms with Crippen LogP contribution in [0.25, 0.3) is 22.5 Å². The Morgan fingerprint density at radius 3 is 2.00 bits per heavy atom. The first kappa shape index (κ1) is 12.9. The van der Waals surface area contributed by atoms with E-state index in [1.165, 1.54) is 0 Å². The molecule has 2 nitrogen and oxygen atoms in total. The first-order valence-electron chi connectivity index (χ1n) is 6.68. The summed E-state index contributed by atoms with van der Waals surface area (Å²) < 4.78 is 1.96. The Morgan fingerprint density at radius 1 is 0.900 bits per heavy atom. The maximum Gasteiger partial charge on any atom is 0.112 e. The van der Waals surface area contributed by atoms with Crippen LogP contribution in [-0.2, 0) is 6.54 Å². The van der Waals surface area contributed by atoms with E-state index in [-0.39, 0.29) is 0 Å². The molecule has 0 aliphatic carbocycles. The minimum absolute atomic E-state index is 0.712. The van der Waals surface area contributed by atoms with Crippen molar-refractivity contribution < 1.29 is 0 Å². The third kappa shape index (κ3) is 2.23. The van der Waals surface area contributed by atoms with Crippen LogP contribution >= 0.6 is 11.6 Å². The largest absolute Gasteiger partial charge is 0.263 e. The normalized spacial score (nSPS) is 10.7. The lowest BCUT2D eigenvalue weighted by molar-refractivity contribution is 0.669. The summed E-state index contributed by atoms with van der Waals surface area (Å²) in [5, 5.41) is 5.37. The van der Waals surface area contributed by atoms with Crippen LogP contribution in [0.5, 0.6) is 0 Å². The van der Waals surface area contributed by atoms with E-state index < -0.39 is 0 Å². The van der Waals surface area contributed by atoms with E-state index in [2.05, 4.69) is 24.2 Å². The molecule has 0 unspecified atom stereocenters. The molecule has 3 aromatic rings. The van der Waals surface area contributed by atoms with Gasteiger partial charge in [-0.3, -0.25) is 4.68 Å². The van der Waals surface area contributed by atoms with Crippen LogP contribution in [0.1, 0.15) is 6.92 Å². The standard InChI is InChI=1S/C17H15ClN2/c1-2-20-17(14-11-7-4-8-12-14)15(18)16(19-20)13-9-5-3-6-10-13/h3-12H,2H2,1H3. The molecule has 0 N–H and O–H groups in total. The highest BCUT2D eigenvalue weighted by molar-refractivity contribution is 6.35. The zero-order chi connectivity index (χ0) is 13.9. The third-order valence-electron chi connectivity index (χ3n) is 3.29. The number of hydrogen-bond acceptors (Lipinski definition) is 1. The van der Waals surface area contributed by atoms with Gasteiger partial charge in [-0.15, -0.1) is 0 Å². The molecule has 0 fully saturated rings. The summed E-state index contributed by atoms with van der Waals surface area (Å²) in [5.74, 6) is 0. The summed E-state index contributed by atoms with van der Waals surface area (Å²) >= 11 is 6.59. The quantitative estimate of drug-likeness (QED) is 0.669. The van der Waals surface area contributed by atoms with Crippen molar-refractivity contribution in [2.75, 3.05) is 0 Å². The lowest BCUT2D eigenvalue weighted by Gasteiger charge is -2.04. The zero-order valence-corrected chi connectivity index (χ0v) is 12.0. The second-order valence-electron chi connectivity index (χ2n) is 4.56. The average molecular weight is 283 g/mol. The van der Waals surface area contributed by atoms with E-state index in [9.17, 15) is 0 Å². The second kappa shape index (κ2) is 5.51. The Labute approximate surface area is 123 Å². The van der Waals surface area contributed by atoms with Gasteiger partial charge in [0.25, 0.3) is 0 Å². The molecule has 3 heteroatoms. The maximum absolute atomic E-state index is 6.59. The number of benzene rings is 2. The fourth-order valence-corrected chi connectivity index (χ4v) is 2.67. The summed E-state index contributed by atoms with van der Waals surface area (Å²) in [6, 6.07) is 20.2. The van der Waals surface area contributed by atoms with Gasteiger partial charge in [-0.05, 0) is 6.92 Å². The van der Waals surface area contributed by atoms with Crippen LogP contribution in [0, 0.1) is 0 Å². The molecule has 0 saturated carbocycles. The van der Waals surface area contributed by atoms with E-state index in [0.29, 0.717) is 5.02 Å². The molecule has 100 valence electrons.